The van der Waals surface area contributed by atoms with Gasteiger partial charge in [-0.05, 0) is 66.8 Å². The van der Waals surface area contributed by atoms with Crippen LogP contribution in [0.2, 0.25) is 0 Å². The molecule has 0 radical (unpaired) electrons. The lowest BCUT2D eigenvalue weighted by Crippen LogP contribution is -2.21. The summed E-state index contributed by atoms with van der Waals surface area (Å²) in [6, 6.07) is 5.66. The van der Waals surface area contributed by atoms with E-state index in [9.17, 15) is 14.3 Å². The van der Waals surface area contributed by atoms with Crippen molar-refractivity contribution < 1.29 is 9.50 Å². The molecule has 0 bridgehead atoms. The Morgan fingerprint density at radius 1 is 1.14 bits per heavy atom. The van der Waals surface area contributed by atoms with Crippen molar-refractivity contribution in [3.05, 3.63) is 51.6 Å². The van der Waals surface area contributed by atoms with Gasteiger partial charge in [-0.3, -0.25) is 4.79 Å². The molecule has 114 valence electrons. The van der Waals surface area contributed by atoms with Gasteiger partial charge in [0.2, 0.25) is 0 Å². The highest BCUT2D eigenvalue weighted by Crippen LogP contribution is 2.52. The van der Waals surface area contributed by atoms with Gasteiger partial charge < -0.3 is 9.67 Å². The Hall–Kier alpha value is -2.10. The van der Waals surface area contributed by atoms with E-state index in [2.05, 4.69) is 0 Å². The van der Waals surface area contributed by atoms with E-state index >= 15 is 0 Å². The average Bonchev–Trinajstić information content (AvgIpc) is 3.37. The van der Waals surface area contributed by atoms with Crippen molar-refractivity contribution in [2.75, 3.05) is 0 Å². The number of hydrogen-bond donors (Lipinski definition) is 1. The van der Waals surface area contributed by atoms with Crippen molar-refractivity contribution >= 4 is 0 Å². The molecular weight excluding hydrogens is 281 g/mol. The number of pyridine rings is 1. The van der Waals surface area contributed by atoms with E-state index in [0.717, 1.165) is 36.8 Å². The number of phenols is 1. The minimum Gasteiger partial charge on any atom is -0.507 e. The third-order valence-electron chi connectivity index (χ3n) is 4.73. The zero-order chi connectivity index (χ0) is 15.4. The number of halogens is 1. The van der Waals surface area contributed by atoms with Gasteiger partial charge in [0.05, 0.1) is 5.69 Å². The van der Waals surface area contributed by atoms with E-state index in [4.69, 9.17) is 0 Å². The van der Waals surface area contributed by atoms with Crippen LogP contribution < -0.4 is 5.56 Å². The number of benzene rings is 1. The van der Waals surface area contributed by atoms with Gasteiger partial charge in [0.1, 0.15) is 11.6 Å². The van der Waals surface area contributed by atoms with Gasteiger partial charge in [-0.25, -0.2) is 4.39 Å². The predicted molar refractivity (Wildman–Crippen MR) is 82.7 cm³/mol. The number of aromatic hydroxyl groups is 1. The predicted octanol–water partition coefficient (Wildman–Crippen LogP) is 3.65. The lowest BCUT2D eigenvalue weighted by atomic mass is 9.93. The molecule has 2 aromatic rings. The first-order valence-corrected chi connectivity index (χ1v) is 7.79. The summed E-state index contributed by atoms with van der Waals surface area (Å²) in [4.78, 5) is 12.3. The largest absolute Gasteiger partial charge is 0.507 e. The van der Waals surface area contributed by atoms with E-state index in [1.165, 1.54) is 18.2 Å². The second-order valence-electron chi connectivity index (χ2n) is 6.47. The number of aromatic nitrogens is 1. The topological polar surface area (TPSA) is 42.2 Å². The molecule has 0 saturated heterocycles. The molecule has 3 nitrogen and oxygen atoms in total. The second-order valence-corrected chi connectivity index (χ2v) is 6.47. The van der Waals surface area contributed by atoms with Crippen LogP contribution in [0.3, 0.4) is 0 Å². The number of phenolic OH excluding ortho intramolecular Hbond substituents is 1. The van der Waals surface area contributed by atoms with Gasteiger partial charge in [-0.1, -0.05) is 0 Å². The normalized spacial score (nSPS) is 17.7. The van der Waals surface area contributed by atoms with Crippen LogP contribution in [-0.4, -0.2) is 9.67 Å². The molecule has 0 unspecified atom stereocenters. The fourth-order valence-electron chi connectivity index (χ4n) is 3.29. The molecule has 1 heterocycles. The molecule has 4 rings (SSSR count). The molecule has 0 atom stereocenters. The van der Waals surface area contributed by atoms with Crippen LogP contribution in [0.1, 0.15) is 48.6 Å². The molecule has 2 fully saturated rings. The Kier molecular flexibility index (Phi) is 2.90. The van der Waals surface area contributed by atoms with Gasteiger partial charge in [0.25, 0.3) is 5.56 Å². The van der Waals surface area contributed by atoms with Crippen molar-refractivity contribution in [1.82, 2.24) is 4.57 Å². The van der Waals surface area contributed by atoms with Gasteiger partial charge in [0.15, 0.2) is 0 Å². The summed E-state index contributed by atoms with van der Waals surface area (Å²) in [7, 11) is 1.70. The number of nitrogens with zero attached hydrogens (tertiary/aromatic N) is 1. The van der Waals surface area contributed by atoms with Crippen molar-refractivity contribution in [3.63, 3.8) is 0 Å². The standard InChI is InChI=1S/C18H18FNO2/c1-20-16(22)9-13(10-2-3-10)17(11-4-5-11)18(20)14-8-12(19)6-7-15(14)21/h6-11,21H,2-5H2,1H3. The number of rotatable bonds is 3. The maximum absolute atomic E-state index is 13.7. The van der Waals surface area contributed by atoms with E-state index < -0.39 is 5.82 Å². The quantitative estimate of drug-likeness (QED) is 0.940. The molecule has 2 aliphatic rings. The highest BCUT2D eigenvalue weighted by atomic mass is 19.1. The summed E-state index contributed by atoms with van der Waals surface area (Å²) in [6.07, 6.45) is 4.42. The molecule has 2 aliphatic carbocycles. The highest BCUT2D eigenvalue weighted by Gasteiger charge is 2.36. The van der Waals surface area contributed by atoms with Crippen LogP contribution in [0.5, 0.6) is 5.75 Å². The molecule has 1 aromatic heterocycles. The van der Waals surface area contributed by atoms with Crippen LogP contribution >= 0.6 is 0 Å². The number of hydrogen-bond acceptors (Lipinski definition) is 2. The molecule has 4 heteroatoms. The Morgan fingerprint density at radius 3 is 2.45 bits per heavy atom. The first-order valence-electron chi connectivity index (χ1n) is 7.79. The van der Waals surface area contributed by atoms with Crippen molar-refractivity contribution in [2.24, 2.45) is 7.05 Å². The van der Waals surface area contributed by atoms with E-state index in [1.807, 2.05) is 0 Å². The molecule has 1 aromatic carbocycles. The molecule has 2 saturated carbocycles. The lowest BCUT2D eigenvalue weighted by Gasteiger charge is -2.19. The molecule has 0 amide bonds. The van der Waals surface area contributed by atoms with Crippen LogP contribution in [0.25, 0.3) is 11.3 Å². The van der Waals surface area contributed by atoms with Gasteiger partial charge in [-0.15, -0.1) is 0 Å². The maximum atomic E-state index is 13.7. The molecular formula is C18H18FNO2. The third-order valence-corrected chi connectivity index (χ3v) is 4.73. The zero-order valence-electron chi connectivity index (χ0n) is 12.5. The Balaban J connectivity index is 2.05. The summed E-state index contributed by atoms with van der Waals surface area (Å²) in [6.45, 7) is 0. The van der Waals surface area contributed by atoms with Crippen LogP contribution in [0, 0.1) is 5.82 Å². The van der Waals surface area contributed by atoms with Crippen molar-refractivity contribution in [3.8, 4) is 17.0 Å². The third kappa shape index (κ3) is 2.14. The molecule has 0 spiro atoms. The summed E-state index contributed by atoms with van der Waals surface area (Å²) in [5.74, 6) is 0.504. The zero-order valence-corrected chi connectivity index (χ0v) is 12.5. The van der Waals surface area contributed by atoms with E-state index in [-0.39, 0.29) is 11.3 Å². The molecule has 22 heavy (non-hydrogen) atoms. The SMILES string of the molecule is Cn1c(-c2cc(F)ccc2O)c(C2CC2)c(C2CC2)cc1=O. The van der Waals surface area contributed by atoms with Crippen LogP contribution in [-0.2, 0) is 7.05 Å². The van der Waals surface area contributed by atoms with Gasteiger partial charge in [-0.2, -0.15) is 0 Å². The minimum atomic E-state index is -0.404. The molecule has 0 aliphatic heterocycles. The summed E-state index contributed by atoms with van der Waals surface area (Å²) in [5.41, 5.74) is 3.28. The maximum Gasteiger partial charge on any atom is 0.251 e. The van der Waals surface area contributed by atoms with E-state index in [1.54, 1.807) is 17.7 Å². The smallest absolute Gasteiger partial charge is 0.251 e. The van der Waals surface area contributed by atoms with E-state index in [0.29, 0.717) is 23.1 Å². The Morgan fingerprint density at radius 2 is 1.82 bits per heavy atom. The highest BCUT2D eigenvalue weighted by molar-refractivity contribution is 5.72. The van der Waals surface area contributed by atoms with Gasteiger partial charge in [0, 0.05) is 18.7 Å². The fraction of sp³-hybridized carbons (Fsp3) is 0.389. The van der Waals surface area contributed by atoms with Crippen LogP contribution in [0.15, 0.2) is 29.1 Å². The first kappa shape index (κ1) is 13.6. The Bertz CT molecular complexity index is 817. The van der Waals surface area contributed by atoms with Crippen molar-refractivity contribution in [2.45, 2.75) is 37.5 Å². The average molecular weight is 299 g/mol. The Labute approximate surface area is 128 Å². The fourth-order valence-corrected chi connectivity index (χ4v) is 3.29. The van der Waals surface area contributed by atoms with Gasteiger partial charge >= 0.3 is 0 Å². The summed E-state index contributed by atoms with van der Waals surface area (Å²) in [5, 5.41) is 10.2. The first-order chi connectivity index (χ1) is 10.6. The monoisotopic (exact) mass is 299 g/mol. The summed E-state index contributed by atoms with van der Waals surface area (Å²) >= 11 is 0. The summed E-state index contributed by atoms with van der Waals surface area (Å²) < 4.78 is 15.2. The van der Waals surface area contributed by atoms with Crippen molar-refractivity contribution in [1.29, 1.82) is 0 Å². The van der Waals surface area contributed by atoms with Crippen LogP contribution in [0.4, 0.5) is 4.39 Å². The molecule has 1 N–H and O–H groups in total. The second kappa shape index (κ2) is 4.70. The minimum absolute atomic E-state index is 0.0197. The lowest BCUT2D eigenvalue weighted by molar-refractivity contribution is 0.474.